The van der Waals surface area contributed by atoms with Gasteiger partial charge in [0.2, 0.25) is 0 Å². The first-order chi connectivity index (χ1) is 19.0. The van der Waals surface area contributed by atoms with Crippen LogP contribution < -0.4 is 10.6 Å². The molecule has 8 nitrogen and oxygen atoms in total. The third-order valence-electron chi connectivity index (χ3n) is 7.99. The maximum atomic E-state index is 14.2. The number of carbonyl (C=O) groups is 4. The average Bonchev–Trinajstić information content (AvgIpc) is 3.48. The highest BCUT2D eigenvalue weighted by atomic mass is 16.2. The van der Waals surface area contributed by atoms with Crippen LogP contribution in [-0.4, -0.2) is 58.3 Å². The fourth-order valence-electron chi connectivity index (χ4n) is 5.86. The van der Waals surface area contributed by atoms with Crippen molar-refractivity contribution in [3.8, 4) is 0 Å². The normalized spacial score (nSPS) is 17.8. The first-order valence-electron chi connectivity index (χ1n) is 13.9. The van der Waals surface area contributed by atoms with Crippen LogP contribution >= 0.6 is 0 Å². The Morgan fingerprint density at radius 1 is 0.821 bits per heavy atom. The van der Waals surface area contributed by atoms with Crippen molar-refractivity contribution in [2.45, 2.75) is 63.5 Å². The van der Waals surface area contributed by atoms with Gasteiger partial charge in [-0.15, -0.1) is 0 Å². The van der Waals surface area contributed by atoms with E-state index < -0.39 is 34.2 Å². The Hall–Kier alpha value is -3.91. The van der Waals surface area contributed by atoms with Crippen LogP contribution in [0, 0.1) is 0 Å². The second-order valence-electron chi connectivity index (χ2n) is 10.7. The van der Waals surface area contributed by atoms with Gasteiger partial charge < -0.3 is 10.6 Å². The van der Waals surface area contributed by atoms with Gasteiger partial charge in [0.25, 0.3) is 5.91 Å². The van der Waals surface area contributed by atoms with Crippen LogP contribution in [0.4, 0.5) is 0 Å². The van der Waals surface area contributed by atoms with E-state index in [4.69, 9.17) is 0 Å². The Morgan fingerprint density at radius 3 is 2.26 bits per heavy atom. The third kappa shape index (κ3) is 5.91. The molecular formula is C31H35N4O4+. The number of nitrogens with zero attached hydrogens (tertiary/aromatic N) is 2. The number of hydrogen-bond donors (Lipinski definition) is 2. The molecule has 202 valence electrons. The minimum Gasteiger partial charge on any atom is -0.342 e. The second-order valence-corrected chi connectivity index (χ2v) is 10.7. The molecular weight excluding hydrogens is 492 g/mol. The lowest BCUT2D eigenvalue weighted by molar-refractivity contribution is -0.762. The van der Waals surface area contributed by atoms with Gasteiger partial charge in [0.05, 0.1) is 18.6 Å². The van der Waals surface area contributed by atoms with Crippen LogP contribution in [0.1, 0.15) is 61.0 Å². The number of pyridine rings is 1. The van der Waals surface area contributed by atoms with Crippen molar-refractivity contribution in [3.05, 3.63) is 78.0 Å². The van der Waals surface area contributed by atoms with E-state index in [-0.39, 0.29) is 31.2 Å². The number of likely N-dealkylation sites (tertiary alicyclic amines) is 1. The number of carbonyl (C=O) groups excluding carboxylic acids is 4. The first kappa shape index (κ1) is 26.7. The van der Waals surface area contributed by atoms with Crippen LogP contribution in [0.3, 0.4) is 0 Å². The molecule has 2 fully saturated rings. The molecule has 5 rings (SSSR count). The predicted molar refractivity (Wildman–Crippen MR) is 147 cm³/mol. The number of rotatable bonds is 6. The van der Waals surface area contributed by atoms with Gasteiger partial charge >= 0.3 is 17.7 Å². The predicted octanol–water partition coefficient (Wildman–Crippen LogP) is 3.69. The van der Waals surface area contributed by atoms with Crippen LogP contribution in [-0.2, 0) is 20.8 Å². The molecule has 2 N–H and O–H groups in total. The Bertz CT molecular complexity index is 1360. The molecule has 4 amide bonds. The minimum absolute atomic E-state index is 0.0354. The van der Waals surface area contributed by atoms with Crippen LogP contribution in [0.15, 0.2) is 66.7 Å². The molecule has 3 aromatic rings. The van der Waals surface area contributed by atoms with Gasteiger partial charge in [-0.1, -0.05) is 73.9 Å². The van der Waals surface area contributed by atoms with Gasteiger partial charge in [0.1, 0.15) is 11.7 Å². The summed E-state index contributed by atoms with van der Waals surface area (Å²) in [7, 11) is 0. The van der Waals surface area contributed by atoms with E-state index in [2.05, 4.69) is 15.6 Å². The molecule has 0 radical (unpaired) electrons. The number of hydrogen-bond acceptors (Lipinski definition) is 5. The van der Waals surface area contributed by atoms with Crippen molar-refractivity contribution in [2.75, 3.05) is 13.1 Å². The Morgan fingerprint density at radius 2 is 1.51 bits per heavy atom. The number of para-hydroxylation sites is 1. The molecule has 1 aliphatic carbocycles. The monoisotopic (exact) mass is 527 g/mol. The van der Waals surface area contributed by atoms with Crippen molar-refractivity contribution < 1.29 is 23.7 Å². The van der Waals surface area contributed by atoms with Crippen LogP contribution in [0.5, 0.6) is 0 Å². The Kier molecular flexibility index (Phi) is 8.12. The first-order valence-corrected chi connectivity index (χ1v) is 13.9. The van der Waals surface area contributed by atoms with Gasteiger partial charge in [-0.05, 0) is 30.5 Å². The molecule has 1 saturated heterocycles. The lowest BCUT2D eigenvalue weighted by Crippen LogP contribution is -2.65. The molecule has 2 aliphatic rings. The highest BCUT2D eigenvalue weighted by Gasteiger charge is 2.53. The number of imide groups is 1. The molecule has 2 aromatic carbocycles. The fourth-order valence-corrected chi connectivity index (χ4v) is 5.86. The molecule has 39 heavy (non-hydrogen) atoms. The van der Waals surface area contributed by atoms with Gasteiger partial charge in [-0.25, -0.2) is 14.6 Å². The summed E-state index contributed by atoms with van der Waals surface area (Å²) < 4.78 is -0.568. The molecule has 8 heteroatoms. The van der Waals surface area contributed by atoms with Crippen LogP contribution in [0.2, 0.25) is 0 Å². The summed E-state index contributed by atoms with van der Waals surface area (Å²) >= 11 is 0. The zero-order chi connectivity index (χ0) is 27.2. The van der Waals surface area contributed by atoms with Gasteiger partial charge in [0.15, 0.2) is 0 Å². The van der Waals surface area contributed by atoms with E-state index in [1.807, 2.05) is 60.7 Å². The molecule has 1 aliphatic heterocycles. The maximum Gasteiger partial charge on any atom is 0.411 e. The number of fused-ring (bicyclic) bond motifs is 1. The fraction of sp³-hybridized carbons (Fsp3) is 0.387. The molecule has 1 atom stereocenters. The van der Waals surface area contributed by atoms with Crippen molar-refractivity contribution in [3.63, 3.8) is 0 Å². The highest BCUT2D eigenvalue weighted by Crippen LogP contribution is 2.25. The van der Waals surface area contributed by atoms with E-state index in [9.17, 15) is 19.2 Å². The van der Waals surface area contributed by atoms with E-state index in [1.54, 1.807) is 6.07 Å². The summed E-state index contributed by atoms with van der Waals surface area (Å²) in [6, 6.07) is 19.3. The molecule has 1 unspecified atom stereocenters. The van der Waals surface area contributed by atoms with Gasteiger partial charge in [0, 0.05) is 30.7 Å². The number of quaternary nitrogens is 1. The summed E-state index contributed by atoms with van der Waals surface area (Å²) in [5.74, 6) is -2.36. The van der Waals surface area contributed by atoms with Crippen LogP contribution in [0.25, 0.3) is 10.9 Å². The van der Waals surface area contributed by atoms with Crippen molar-refractivity contribution in [1.82, 2.24) is 15.6 Å². The summed E-state index contributed by atoms with van der Waals surface area (Å²) in [5, 5.41) is 6.67. The van der Waals surface area contributed by atoms with Gasteiger partial charge in [-0.3, -0.25) is 9.59 Å². The summed E-state index contributed by atoms with van der Waals surface area (Å²) in [6.07, 6.45) is 6.38. The smallest absolute Gasteiger partial charge is 0.342 e. The molecule has 0 bridgehead atoms. The Balaban J connectivity index is 1.41. The molecule has 2 heterocycles. The van der Waals surface area contributed by atoms with E-state index in [0.29, 0.717) is 18.4 Å². The van der Waals surface area contributed by atoms with Crippen molar-refractivity contribution in [2.24, 2.45) is 0 Å². The standard InChI is InChI=1S/C31H34N4O4/c36-28(26-18-17-23-13-7-8-16-25(23)33-26)34-27(21-22-11-3-1-4-12-22)30(38)35(19-9-10-20-35)31(39)29(37)32-24-14-5-2-6-15-24/h1,3-4,7-8,11-13,16-18,24,27H,2,5-6,9-10,14-15,19-21H2,(H-,32,34,36,37)/p+1. The molecule has 0 spiro atoms. The van der Waals surface area contributed by atoms with E-state index in [1.165, 1.54) is 0 Å². The van der Waals surface area contributed by atoms with E-state index in [0.717, 1.165) is 43.1 Å². The lowest BCUT2D eigenvalue weighted by atomic mass is 9.95. The number of aromatic nitrogens is 1. The van der Waals surface area contributed by atoms with Gasteiger partial charge in [-0.2, -0.15) is 4.48 Å². The molecule has 1 saturated carbocycles. The number of benzene rings is 2. The topological polar surface area (TPSA) is 105 Å². The summed E-state index contributed by atoms with van der Waals surface area (Å²) in [5.41, 5.74) is 1.71. The SMILES string of the molecule is O=C(NC1CCCCC1)C(=O)[N+]1(C(=O)C(Cc2ccccc2)NC(=O)c2ccc3ccccc3n2)CCCC1. The Labute approximate surface area is 228 Å². The largest absolute Gasteiger partial charge is 0.411 e. The zero-order valence-electron chi connectivity index (χ0n) is 22.1. The molecule has 1 aromatic heterocycles. The highest BCUT2D eigenvalue weighted by molar-refractivity contribution is 6.33. The lowest BCUT2D eigenvalue weighted by Gasteiger charge is -2.32. The number of amides is 4. The summed E-state index contributed by atoms with van der Waals surface area (Å²) in [6.45, 7) is 0.510. The van der Waals surface area contributed by atoms with E-state index >= 15 is 0 Å². The zero-order valence-corrected chi connectivity index (χ0v) is 22.1. The van der Waals surface area contributed by atoms with Crippen molar-refractivity contribution in [1.29, 1.82) is 0 Å². The third-order valence-corrected chi connectivity index (χ3v) is 7.99. The minimum atomic E-state index is -1.00. The van der Waals surface area contributed by atoms with Crippen molar-refractivity contribution >= 4 is 34.5 Å². The maximum absolute atomic E-state index is 14.2. The number of nitrogens with one attached hydrogen (secondary N) is 2. The summed E-state index contributed by atoms with van der Waals surface area (Å²) in [4.78, 5) is 58.9. The second kappa shape index (κ2) is 11.9. The quantitative estimate of drug-likeness (QED) is 0.376. The average molecular weight is 528 g/mol.